The van der Waals surface area contributed by atoms with Crippen LogP contribution in [0.3, 0.4) is 0 Å². The zero-order valence-corrected chi connectivity index (χ0v) is 22.6. The number of fused-ring (bicyclic) bond motifs is 1. The van der Waals surface area contributed by atoms with Gasteiger partial charge in [0.1, 0.15) is 11.5 Å². The Hall–Kier alpha value is -2.62. The molecule has 1 aliphatic heterocycles. The number of para-hydroxylation sites is 1. The molecular formula is C26H36IN5O2. The van der Waals surface area contributed by atoms with Crippen molar-refractivity contribution in [1.82, 2.24) is 15.6 Å². The summed E-state index contributed by atoms with van der Waals surface area (Å²) in [4.78, 5) is 10.7. The van der Waals surface area contributed by atoms with Crippen LogP contribution in [0, 0.1) is 0 Å². The summed E-state index contributed by atoms with van der Waals surface area (Å²) in [7, 11) is 3.38. The highest BCUT2D eigenvalue weighted by molar-refractivity contribution is 14.0. The number of piperidine rings is 1. The summed E-state index contributed by atoms with van der Waals surface area (Å²) in [6, 6.07) is 17.1. The zero-order chi connectivity index (χ0) is 23.0. The van der Waals surface area contributed by atoms with Gasteiger partial charge in [0.25, 0.3) is 0 Å². The molecule has 7 nitrogen and oxygen atoms in total. The van der Waals surface area contributed by atoms with Gasteiger partial charge in [0.2, 0.25) is 0 Å². The minimum Gasteiger partial charge on any atom is -0.497 e. The minimum atomic E-state index is 0. The molecule has 0 radical (unpaired) electrons. The largest absolute Gasteiger partial charge is 0.497 e. The van der Waals surface area contributed by atoms with Gasteiger partial charge in [-0.1, -0.05) is 18.2 Å². The molecule has 0 unspecified atom stereocenters. The molecule has 0 bridgehead atoms. The molecule has 3 N–H and O–H groups in total. The van der Waals surface area contributed by atoms with Gasteiger partial charge < -0.3 is 30.0 Å². The van der Waals surface area contributed by atoms with Gasteiger partial charge in [-0.3, -0.25) is 4.99 Å². The molecule has 1 aromatic heterocycles. The molecule has 0 aliphatic carbocycles. The number of nitrogens with one attached hydrogen (secondary N) is 3. The molecular weight excluding hydrogens is 541 g/mol. The highest BCUT2D eigenvalue weighted by Gasteiger charge is 2.21. The first-order chi connectivity index (χ1) is 16.2. The maximum atomic E-state index is 5.43. The van der Waals surface area contributed by atoms with Crippen LogP contribution >= 0.6 is 24.0 Å². The van der Waals surface area contributed by atoms with E-state index in [1.807, 2.05) is 6.07 Å². The SMILES string of the molecule is CCNC(=NCCc1cc2ccccc2[nH]1)NC1CCN(c2cc(OC)cc(OC)c2)CC1.I. The van der Waals surface area contributed by atoms with Crippen molar-refractivity contribution in [3.05, 3.63) is 54.2 Å². The van der Waals surface area contributed by atoms with Crippen LogP contribution in [0.25, 0.3) is 10.9 Å². The lowest BCUT2D eigenvalue weighted by Gasteiger charge is -2.34. The fraction of sp³-hybridized carbons (Fsp3) is 0.423. The number of H-pyrrole nitrogens is 1. The Balaban J connectivity index is 0.00000324. The molecule has 0 atom stereocenters. The second-order valence-electron chi connectivity index (χ2n) is 8.37. The number of hydrogen-bond donors (Lipinski definition) is 3. The highest BCUT2D eigenvalue weighted by Crippen LogP contribution is 2.30. The number of benzene rings is 2. The van der Waals surface area contributed by atoms with Crippen LogP contribution in [0.5, 0.6) is 11.5 Å². The van der Waals surface area contributed by atoms with Gasteiger partial charge in [-0.15, -0.1) is 24.0 Å². The lowest BCUT2D eigenvalue weighted by atomic mass is 10.0. The highest BCUT2D eigenvalue weighted by atomic mass is 127. The number of ether oxygens (including phenoxy) is 2. The summed E-state index contributed by atoms with van der Waals surface area (Å²) in [5.41, 5.74) is 3.54. The number of aliphatic imine (C=N–C) groups is 1. The Morgan fingerprint density at radius 2 is 1.76 bits per heavy atom. The summed E-state index contributed by atoms with van der Waals surface area (Å²) >= 11 is 0. The van der Waals surface area contributed by atoms with E-state index in [9.17, 15) is 0 Å². The van der Waals surface area contributed by atoms with E-state index in [4.69, 9.17) is 14.5 Å². The van der Waals surface area contributed by atoms with Gasteiger partial charge in [-0.25, -0.2) is 0 Å². The van der Waals surface area contributed by atoms with E-state index in [0.29, 0.717) is 6.04 Å². The van der Waals surface area contributed by atoms with Gasteiger partial charge in [0.15, 0.2) is 5.96 Å². The third-order valence-corrected chi connectivity index (χ3v) is 6.12. The first kappa shape index (κ1) is 26.0. The van der Waals surface area contributed by atoms with Crippen LogP contribution in [-0.2, 0) is 6.42 Å². The number of rotatable bonds is 8. The van der Waals surface area contributed by atoms with E-state index in [1.54, 1.807) is 14.2 Å². The average Bonchev–Trinajstić information content (AvgIpc) is 3.27. The average molecular weight is 578 g/mol. The maximum Gasteiger partial charge on any atom is 0.191 e. The Labute approximate surface area is 219 Å². The van der Waals surface area contributed by atoms with Crippen LogP contribution in [0.1, 0.15) is 25.5 Å². The summed E-state index contributed by atoms with van der Waals surface area (Å²) < 4.78 is 10.9. The monoisotopic (exact) mass is 577 g/mol. The molecule has 0 spiro atoms. The summed E-state index contributed by atoms with van der Waals surface area (Å²) in [5, 5.41) is 8.29. The molecule has 0 saturated carbocycles. The molecule has 4 rings (SSSR count). The number of anilines is 1. The number of nitrogens with zero attached hydrogens (tertiary/aromatic N) is 2. The number of halogens is 1. The molecule has 1 fully saturated rings. The van der Waals surface area contributed by atoms with Gasteiger partial charge >= 0.3 is 0 Å². The lowest BCUT2D eigenvalue weighted by Crippen LogP contribution is -2.48. The Bertz CT molecular complexity index is 1020. The third kappa shape index (κ3) is 6.71. The van der Waals surface area contributed by atoms with Crippen LogP contribution in [-0.4, -0.2) is 57.4 Å². The maximum absolute atomic E-state index is 5.43. The molecule has 1 aliphatic rings. The molecule has 1 saturated heterocycles. The molecule has 184 valence electrons. The lowest BCUT2D eigenvalue weighted by molar-refractivity contribution is 0.393. The molecule has 34 heavy (non-hydrogen) atoms. The van der Waals surface area contributed by atoms with Crippen LogP contribution in [0.2, 0.25) is 0 Å². The van der Waals surface area contributed by atoms with Gasteiger partial charge in [-0.05, 0) is 37.3 Å². The third-order valence-electron chi connectivity index (χ3n) is 6.12. The van der Waals surface area contributed by atoms with Gasteiger partial charge in [0, 0.05) is 73.7 Å². The Kier molecular flexibility index (Phi) is 9.74. The van der Waals surface area contributed by atoms with E-state index < -0.39 is 0 Å². The Morgan fingerprint density at radius 3 is 2.41 bits per heavy atom. The summed E-state index contributed by atoms with van der Waals surface area (Å²) in [6.45, 7) is 5.64. The number of guanidine groups is 1. The van der Waals surface area contributed by atoms with Crippen LogP contribution < -0.4 is 25.0 Å². The van der Waals surface area contributed by atoms with Gasteiger partial charge in [-0.2, -0.15) is 0 Å². The molecule has 2 aromatic carbocycles. The van der Waals surface area contributed by atoms with Crippen molar-refractivity contribution in [2.45, 2.75) is 32.2 Å². The predicted molar refractivity (Wildman–Crippen MR) is 151 cm³/mol. The number of hydrogen-bond acceptors (Lipinski definition) is 4. The van der Waals surface area contributed by atoms with Crippen molar-refractivity contribution in [2.24, 2.45) is 4.99 Å². The second kappa shape index (κ2) is 12.7. The first-order valence-corrected chi connectivity index (χ1v) is 11.8. The van der Waals surface area contributed by atoms with Crippen molar-refractivity contribution in [3.63, 3.8) is 0 Å². The predicted octanol–water partition coefficient (Wildman–Crippen LogP) is 4.57. The quantitative estimate of drug-likeness (QED) is 0.208. The van der Waals surface area contributed by atoms with E-state index in [-0.39, 0.29) is 24.0 Å². The number of methoxy groups -OCH3 is 2. The minimum absolute atomic E-state index is 0. The summed E-state index contributed by atoms with van der Waals surface area (Å²) in [6.07, 6.45) is 2.99. The van der Waals surface area contributed by atoms with Crippen molar-refractivity contribution < 1.29 is 9.47 Å². The van der Waals surface area contributed by atoms with E-state index >= 15 is 0 Å². The van der Waals surface area contributed by atoms with Crippen molar-refractivity contribution >= 4 is 46.5 Å². The fourth-order valence-electron chi connectivity index (χ4n) is 4.33. The first-order valence-electron chi connectivity index (χ1n) is 11.8. The van der Waals surface area contributed by atoms with E-state index in [1.165, 1.54) is 16.6 Å². The van der Waals surface area contributed by atoms with Crippen molar-refractivity contribution in [1.29, 1.82) is 0 Å². The van der Waals surface area contributed by atoms with E-state index in [0.717, 1.165) is 68.6 Å². The smallest absolute Gasteiger partial charge is 0.191 e. The van der Waals surface area contributed by atoms with E-state index in [2.05, 4.69) is 69.9 Å². The molecule has 2 heterocycles. The van der Waals surface area contributed by atoms with Gasteiger partial charge in [0.05, 0.1) is 14.2 Å². The van der Waals surface area contributed by atoms with Crippen molar-refractivity contribution in [2.75, 3.05) is 45.3 Å². The fourth-order valence-corrected chi connectivity index (χ4v) is 4.33. The number of aromatic nitrogens is 1. The topological polar surface area (TPSA) is 73.9 Å². The molecule has 0 amide bonds. The standard InChI is InChI=1S/C26H35N5O2.HI/c1-4-27-26(28-12-9-21-15-19-7-5-6-8-25(19)29-21)30-20-10-13-31(14-11-20)22-16-23(32-2)18-24(17-22)33-3;/h5-8,15-18,20,29H,4,9-14H2,1-3H3,(H2,27,28,30);1H. The van der Waals surface area contributed by atoms with Crippen LogP contribution in [0.4, 0.5) is 5.69 Å². The summed E-state index contributed by atoms with van der Waals surface area (Å²) in [5.74, 6) is 2.54. The second-order valence-corrected chi connectivity index (χ2v) is 8.37. The van der Waals surface area contributed by atoms with Crippen molar-refractivity contribution in [3.8, 4) is 11.5 Å². The normalized spacial score (nSPS) is 14.6. The Morgan fingerprint density at radius 1 is 1.06 bits per heavy atom. The molecule has 8 heteroatoms. The van der Waals surface area contributed by atoms with Crippen LogP contribution in [0.15, 0.2) is 53.5 Å². The number of aromatic amines is 1. The molecule has 3 aromatic rings. The zero-order valence-electron chi connectivity index (χ0n) is 20.3.